The van der Waals surface area contributed by atoms with Crippen LogP contribution in [0.25, 0.3) is 0 Å². The van der Waals surface area contributed by atoms with Crippen molar-refractivity contribution in [3.05, 3.63) is 34.1 Å². The summed E-state index contributed by atoms with van der Waals surface area (Å²) >= 11 is 3.19. The Morgan fingerprint density at radius 2 is 2.09 bits per heavy atom. The minimum atomic E-state index is -0.258. The number of benzene rings is 1. The van der Waals surface area contributed by atoms with E-state index < -0.39 is 0 Å². The fourth-order valence-corrected chi connectivity index (χ4v) is 4.01. The number of urea groups is 1. The Morgan fingerprint density at radius 3 is 2.77 bits per heavy atom. The molecule has 0 unspecified atom stereocenters. The summed E-state index contributed by atoms with van der Waals surface area (Å²) in [6, 6.07) is 5.03. The van der Waals surface area contributed by atoms with Crippen LogP contribution in [-0.4, -0.2) is 30.6 Å². The maximum Gasteiger partial charge on any atom is 0.317 e. The number of hydrogen-bond acceptors (Lipinski definition) is 1. The molecule has 1 spiro atoms. The molecule has 1 saturated heterocycles. The first-order chi connectivity index (χ1) is 10.6. The van der Waals surface area contributed by atoms with Gasteiger partial charge in [-0.25, -0.2) is 9.18 Å². The van der Waals surface area contributed by atoms with E-state index in [1.165, 1.54) is 31.7 Å². The van der Waals surface area contributed by atoms with Gasteiger partial charge >= 0.3 is 6.03 Å². The van der Waals surface area contributed by atoms with Gasteiger partial charge in [0.1, 0.15) is 5.82 Å². The molecule has 1 saturated carbocycles. The number of nitrogens with zero attached hydrogens (tertiary/aromatic N) is 1. The van der Waals surface area contributed by atoms with Gasteiger partial charge in [0.15, 0.2) is 0 Å². The summed E-state index contributed by atoms with van der Waals surface area (Å²) in [6.45, 7) is 2.37. The first-order valence-corrected chi connectivity index (χ1v) is 8.84. The zero-order chi connectivity index (χ0) is 15.6. The number of rotatable bonds is 3. The highest BCUT2D eigenvalue weighted by Crippen LogP contribution is 2.47. The standard InChI is InChI=1S/C17H22BrFN2O/c18-14-11-13(3-4-15(14)19)5-9-20-16(22)21-10-2-8-17(12-21)6-1-7-17/h3-4,11H,1-2,5-10,12H2,(H,20,22). The Balaban J connectivity index is 1.46. The molecule has 2 aliphatic rings. The van der Waals surface area contributed by atoms with Gasteiger partial charge in [-0.05, 0) is 71.1 Å². The van der Waals surface area contributed by atoms with Gasteiger partial charge in [0.25, 0.3) is 0 Å². The van der Waals surface area contributed by atoms with Crippen LogP contribution in [0.15, 0.2) is 22.7 Å². The Morgan fingerprint density at radius 1 is 1.32 bits per heavy atom. The molecular formula is C17H22BrFN2O. The zero-order valence-corrected chi connectivity index (χ0v) is 14.3. The van der Waals surface area contributed by atoms with E-state index in [2.05, 4.69) is 21.2 Å². The smallest absolute Gasteiger partial charge is 0.317 e. The lowest BCUT2D eigenvalue weighted by atomic mass is 9.64. The molecule has 3 rings (SSSR count). The van der Waals surface area contributed by atoms with E-state index in [4.69, 9.17) is 0 Å². The van der Waals surface area contributed by atoms with Crippen LogP contribution in [-0.2, 0) is 6.42 Å². The third-order valence-corrected chi connectivity index (χ3v) is 5.64. The van der Waals surface area contributed by atoms with E-state index in [9.17, 15) is 9.18 Å². The number of likely N-dealkylation sites (tertiary alicyclic amines) is 1. The van der Waals surface area contributed by atoms with Crippen molar-refractivity contribution >= 4 is 22.0 Å². The van der Waals surface area contributed by atoms with Gasteiger partial charge in [0.2, 0.25) is 0 Å². The van der Waals surface area contributed by atoms with Crippen LogP contribution >= 0.6 is 15.9 Å². The van der Waals surface area contributed by atoms with Gasteiger partial charge in [-0.2, -0.15) is 0 Å². The largest absolute Gasteiger partial charge is 0.338 e. The lowest BCUT2D eigenvalue weighted by Gasteiger charge is -2.48. The van der Waals surface area contributed by atoms with Crippen molar-refractivity contribution in [2.45, 2.75) is 38.5 Å². The van der Waals surface area contributed by atoms with Crippen LogP contribution in [0.2, 0.25) is 0 Å². The number of amides is 2. The second-order valence-electron chi connectivity index (χ2n) is 6.61. The summed E-state index contributed by atoms with van der Waals surface area (Å²) < 4.78 is 13.7. The van der Waals surface area contributed by atoms with E-state index >= 15 is 0 Å². The fourth-order valence-electron chi connectivity index (χ4n) is 3.59. The van der Waals surface area contributed by atoms with Crippen molar-refractivity contribution < 1.29 is 9.18 Å². The first kappa shape index (κ1) is 15.8. The van der Waals surface area contributed by atoms with Crippen LogP contribution in [0.4, 0.5) is 9.18 Å². The minimum Gasteiger partial charge on any atom is -0.338 e. The van der Waals surface area contributed by atoms with Crippen molar-refractivity contribution in [1.82, 2.24) is 10.2 Å². The van der Waals surface area contributed by atoms with Gasteiger partial charge in [-0.15, -0.1) is 0 Å². The number of nitrogens with one attached hydrogen (secondary N) is 1. The maximum absolute atomic E-state index is 13.2. The van der Waals surface area contributed by atoms with E-state index in [-0.39, 0.29) is 11.8 Å². The summed E-state index contributed by atoms with van der Waals surface area (Å²) in [6.07, 6.45) is 6.98. The minimum absolute atomic E-state index is 0.0483. The van der Waals surface area contributed by atoms with E-state index in [1.807, 2.05) is 4.90 Å². The van der Waals surface area contributed by atoms with Gasteiger partial charge < -0.3 is 10.2 Å². The molecule has 0 bridgehead atoms. The Labute approximate surface area is 139 Å². The molecule has 1 N–H and O–H groups in total. The third kappa shape index (κ3) is 3.45. The predicted octanol–water partition coefficient (Wildman–Crippen LogP) is 4.11. The molecule has 2 fully saturated rings. The predicted molar refractivity (Wildman–Crippen MR) is 88.3 cm³/mol. The number of carbonyl (C=O) groups excluding carboxylic acids is 1. The average molecular weight is 369 g/mol. The summed E-state index contributed by atoms with van der Waals surface area (Å²) in [7, 11) is 0. The highest BCUT2D eigenvalue weighted by molar-refractivity contribution is 9.10. The van der Waals surface area contributed by atoms with Gasteiger partial charge in [0, 0.05) is 19.6 Å². The molecule has 22 heavy (non-hydrogen) atoms. The SMILES string of the molecule is O=C(NCCc1ccc(F)c(Br)c1)N1CCCC2(CCC2)C1. The topological polar surface area (TPSA) is 32.3 Å². The quantitative estimate of drug-likeness (QED) is 0.855. The molecular weight excluding hydrogens is 347 g/mol. The maximum atomic E-state index is 13.2. The molecule has 1 aromatic carbocycles. The first-order valence-electron chi connectivity index (χ1n) is 8.05. The van der Waals surface area contributed by atoms with E-state index in [0.717, 1.165) is 25.1 Å². The van der Waals surface area contributed by atoms with Crippen molar-refractivity contribution in [1.29, 1.82) is 0 Å². The monoisotopic (exact) mass is 368 g/mol. The van der Waals surface area contributed by atoms with E-state index in [1.54, 1.807) is 12.1 Å². The number of piperidine rings is 1. The van der Waals surface area contributed by atoms with Crippen LogP contribution in [0, 0.1) is 11.2 Å². The summed E-state index contributed by atoms with van der Waals surface area (Å²) in [4.78, 5) is 14.3. The van der Waals surface area contributed by atoms with Crippen molar-refractivity contribution in [2.75, 3.05) is 19.6 Å². The van der Waals surface area contributed by atoms with Crippen LogP contribution in [0.3, 0.4) is 0 Å². The molecule has 2 amide bonds. The molecule has 1 aliphatic heterocycles. The second kappa shape index (κ2) is 6.57. The van der Waals surface area contributed by atoms with Gasteiger partial charge in [-0.3, -0.25) is 0 Å². The molecule has 3 nitrogen and oxygen atoms in total. The molecule has 0 aromatic heterocycles. The number of carbonyl (C=O) groups is 1. The van der Waals surface area contributed by atoms with Crippen LogP contribution in [0.5, 0.6) is 0 Å². The van der Waals surface area contributed by atoms with Crippen molar-refractivity contribution in [3.63, 3.8) is 0 Å². The Hall–Kier alpha value is -1.10. The van der Waals surface area contributed by atoms with Gasteiger partial charge in [0.05, 0.1) is 4.47 Å². The zero-order valence-electron chi connectivity index (χ0n) is 12.7. The molecule has 1 aromatic rings. The van der Waals surface area contributed by atoms with E-state index in [0.29, 0.717) is 22.9 Å². The summed E-state index contributed by atoms with van der Waals surface area (Å²) in [5.74, 6) is -0.258. The average Bonchev–Trinajstić information content (AvgIpc) is 2.49. The molecule has 1 aliphatic carbocycles. The Kier molecular flexibility index (Phi) is 4.71. The van der Waals surface area contributed by atoms with Crippen molar-refractivity contribution in [3.8, 4) is 0 Å². The third-order valence-electron chi connectivity index (χ3n) is 5.04. The van der Waals surface area contributed by atoms with Crippen LogP contribution in [0.1, 0.15) is 37.7 Å². The van der Waals surface area contributed by atoms with Crippen molar-refractivity contribution in [2.24, 2.45) is 5.41 Å². The molecule has 5 heteroatoms. The highest BCUT2D eigenvalue weighted by atomic mass is 79.9. The second-order valence-corrected chi connectivity index (χ2v) is 7.46. The lowest BCUT2D eigenvalue weighted by molar-refractivity contribution is 0.0370. The van der Waals surface area contributed by atoms with Gasteiger partial charge in [-0.1, -0.05) is 12.5 Å². The molecule has 1 heterocycles. The normalized spacial score (nSPS) is 19.8. The summed E-state index contributed by atoms with van der Waals surface area (Å²) in [5.41, 5.74) is 1.44. The molecule has 120 valence electrons. The molecule has 0 atom stereocenters. The highest BCUT2D eigenvalue weighted by Gasteiger charge is 2.41. The molecule has 0 radical (unpaired) electrons. The fraction of sp³-hybridized carbons (Fsp3) is 0.588. The number of halogens is 2. The lowest BCUT2D eigenvalue weighted by Crippen LogP contribution is -2.52. The van der Waals surface area contributed by atoms with Crippen LogP contribution < -0.4 is 5.32 Å². The number of hydrogen-bond donors (Lipinski definition) is 1. The summed E-state index contributed by atoms with van der Waals surface area (Å²) in [5, 5.41) is 3.00. The Bertz CT molecular complexity index is 560.